The molecule has 0 bridgehead atoms. The number of anilines is 2. The first kappa shape index (κ1) is 17.3. The van der Waals surface area contributed by atoms with E-state index in [1.54, 1.807) is 25.1 Å². The highest BCUT2D eigenvalue weighted by atomic mass is 16.2. The van der Waals surface area contributed by atoms with Crippen molar-refractivity contribution in [3.63, 3.8) is 0 Å². The van der Waals surface area contributed by atoms with Crippen molar-refractivity contribution in [2.45, 2.75) is 26.8 Å². The third-order valence-corrected chi connectivity index (χ3v) is 3.53. The van der Waals surface area contributed by atoms with Crippen LogP contribution < -0.4 is 11.1 Å². The zero-order valence-electron chi connectivity index (χ0n) is 13.8. The Labute approximate surface area is 128 Å². The Morgan fingerprint density at radius 1 is 1.29 bits per heavy atom. The molecule has 0 fully saturated rings. The Morgan fingerprint density at radius 2 is 1.90 bits per heavy atom. The largest absolute Gasteiger partial charge is 0.397 e. The average Bonchev–Trinajstić information content (AvgIpc) is 2.45. The van der Waals surface area contributed by atoms with Crippen LogP contribution in [0.1, 0.15) is 31.1 Å². The van der Waals surface area contributed by atoms with Crippen molar-refractivity contribution in [1.29, 1.82) is 0 Å². The number of carbonyl (C=O) groups is 1. The van der Waals surface area contributed by atoms with Gasteiger partial charge in [-0.2, -0.15) is 0 Å². The maximum Gasteiger partial charge on any atom is 0.253 e. The summed E-state index contributed by atoms with van der Waals surface area (Å²) in [7, 11) is 3.47. The molecule has 21 heavy (non-hydrogen) atoms. The van der Waals surface area contributed by atoms with E-state index in [4.69, 9.17) is 5.73 Å². The Kier molecular flexibility index (Phi) is 6.49. The molecule has 0 aliphatic carbocycles. The molecular formula is C16H28N4O. The fourth-order valence-electron chi connectivity index (χ4n) is 2.27. The number of nitrogen functional groups attached to an aromatic ring is 1. The van der Waals surface area contributed by atoms with Crippen molar-refractivity contribution in [3.8, 4) is 0 Å². The van der Waals surface area contributed by atoms with Crippen molar-refractivity contribution < 1.29 is 4.79 Å². The van der Waals surface area contributed by atoms with E-state index < -0.39 is 0 Å². The second-order valence-corrected chi connectivity index (χ2v) is 5.53. The van der Waals surface area contributed by atoms with Gasteiger partial charge in [0.15, 0.2) is 0 Å². The lowest BCUT2D eigenvalue weighted by Gasteiger charge is -2.24. The van der Waals surface area contributed by atoms with Crippen LogP contribution in [0.15, 0.2) is 18.2 Å². The number of likely N-dealkylation sites (N-methyl/N-ethyl adjacent to an activating group) is 1. The molecule has 0 heterocycles. The van der Waals surface area contributed by atoms with Crippen LogP contribution in [0.4, 0.5) is 11.4 Å². The van der Waals surface area contributed by atoms with E-state index in [1.807, 2.05) is 12.1 Å². The number of nitrogens with one attached hydrogen (secondary N) is 1. The van der Waals surface area contributed by atoms with E-state index in [1.165, 1.54) is 0 Å². The molecule has 1 aromatic carbocycles. The number of nitrogens with zero attached hydrogens (tertiary/aromatic N) is 2. The summed E-state index contributed by atoms with van der Waals surface area (Å²) in [4.78, 5) is 15.8. The maximum absolute atomic E-state index is 11.9. The van der Waals surface area contributed by atoms with Gasteiger partial charge in [-0.05, 0) is 38.2 Å². The minimum absolute atomic E-state index is 0.0376. The lowest BCUT2D eigenvalue weighted by Crippen LogP contribution is -2.34. The average molecular weight is 292 g/mol. The zero-order chi connectivity index (χ0) is 16.0. The van der Waals surface area contributed by atoms with E-state index in [0.717, 1.165) is 25.3 Å². The topological polar surface area (TPSA) is 61.6 Å². The summed E-state index contributed by atoms with van der Waals surface area (Å²) in [5.41, 5.74) is 8.15. The molecule has 1 atom stereocenters. The van der Waals surface area contributed by atoms with Gasteiger partial charge >= 0.3 is 0 Å². The van der Waals surface area contributed by atoms with E-state index in [2.05, 4.69) is 31.0 Å². The first-order valence-corrected chi connectivity index (χ1v) is 7.49. The number of nitrogens with two attached hydrogens (primary N) is 1. The fraction of sp³-hybridized carbons (Fsp3) is 0.562. The smallest absolute Gasteiger partial charge is 0.253 e. The molecule has 5 nitrogen and oxygen atoms in total. The van der Waals surface area contributed by atoms with E-state index in [0.29, 0.717) is 17.3 Å². The van der Waals surface area contributed by atoms with Crippen molar-refractivity contribution >= 4 is 17.3 Å². The quantitative estimate of drug-likeness (QED) is 0.756. The van der Waals surface area contributed by atoms with Crippen LogP contribution in [-0.4, -0.2) is 55.5 Å². The molecule has 1 rings (SSSR count). The van der Waals surface area contributed by atoms with Gasteiger partial charge in [0.25, 0.3) is 5.91 Å². The predicted octanol–water partition coefficient (Wildman–Crippen LogP) is 2.11. The third-order valence-electron chi connectivity index (χ3n) is 3.53. The number of rotatable bonds is 7. The van der Waals surface area contributed by atoms with Crippen LogP contribution in [-0.2, 0) is 0 Å². The Balaban J connectivity index is 2.74. The van der Waals surface area contributed by atoms with Gasteiger partial charge in [-0.25, -0.2) is 0 Å². The molecule has 1 amide bonds. The van der Waals surface area contributed by atoms with Gasteiger partial charge in [0.2, 0.25) is 0 Å². The summed E-state index contributed by atoms with van der Waals surface area (Å²) < 4.78 is 0. The molecule has 0 radical (unpaired) electrons. The molecule has 0 saturated carbocycles. The lowest BCUT2D eigenvalue weighted by molar-refractivity contribution is 0.0827. The van der Waals surface area contributed by atoms with Crippen LogP contribution in [0.25, 0.3) is 0 Å². The van der Waals surface area contributed by atoms with Crippen LogP contribution in [0.3, 0.4) is 0 Å². The molecule has 0 aliphatic heterocycles. The van der Waals surface area contributed by atoms with Gasteiger partial charge in [-0.3, -0.25) is 4.79 Å². The van der Waals surface area contributed by atoms with Crippen LogP contribution in [0.2, 0.25) is 0 Å². The van der Waals surface area contributed by atoms with Crippen molar-refractivity contribution in [1.82, 2.24) is 9.80 Å². The first-order chi connectivity index (χ1) is 9.88. The summed E-state index contributed by atoms with van der Waals surface area (Å²) in [6.07, 6.45) is 0. The first-order valence-electron chi connectivity index (χ1n) is 7.49. The zero-order valence-corrected chi connectivity index (χ0v) is 13.8. The molecule has 1 aromatic rings. The van der Waals surface area contributed by atoms with Gasteiger partial charge in [0.05, 0.1) is 11.4 Å². The monoisotopic (exact) mass is 292 g/mol. The minimum atomic E-state index is -0.0376. The number of hydrogen-bond acceptors (Lipinski definition) is 4. The standard InChI is InChI=1S/C16H28N4O/c1-6-20(7-2)11-12(3)18-15-9-8-13(10-14(15)17)16(21)19(4)5/h8-10,12,18H,6-7,11,17H2,1-5H3. The molecular weight excluding hydrogens is 264 g/mol. The minimum Gasteiger partial charge on any atom is -0.397 e. The van der Waals surface area contributed by atoms with E-state index >= 15 is 0 Å². The van der Waals surface area contributed by atoms with Crippen molar-refractivity contribution in [2.75, 3.05) is 44.8 Å². The second kappa shape index (κ2) is 7.88. The summed E-state index contributed by atoms with van der Waals surface area (Å²) in [6, 6.07) is 5.72. The Morgan fingerprint density at radius 3 is 2.38 bits per heavy atom. The van der Waals surface area contributed by atoms with Gasteiger partial charge < -0.3 is 20.9 Å². The molecule has 118 valence electrons. The SMILES string of the molecule is CCN(CC)CC(C)Nc1ccc(C(=O)N(C)C)cc1N. The molecule has 0 spiro atoms. The highest BCUT2D eigenvalue weighted by Gasteiger charge is 2.12. The number of carbonyl (C=O) groups excluding carboxylic acids is 1. The second-order valence-electron chi connectivity index (χ2n) is 5.53. The molecule has 0 aliphatic rings. The van der Waals surface area contributed by atoms with E-state index in [-0.39, 0.29) is 5.91 Å². The molecule has 5 heteroatoms. The predicted molar refractivity (Wildman–Crippen MR) is 89.7 cm³/mol. The lowest BCUT2D eigenvalue weighted by atomic mass is 10.1. The summed E-state index contributed by atoms with van der Waals surface area (Å²) in [6.45, 7) is 9.49. The molecule has 0 saturated heterocycles. The normalized spacial score (nSPS) is 12.3. The highest BCUT2D eigenvalue weighted by molar-refractivity contribution is 5.95. The Hall–Kier alpha value is -1.75. The van der Waals surface area contributed by atoms with Gasteiger partial charge in [-0.15, -0.1) is 0 Å². The summed E-state index contributed by atoms with van der Waals surface area (Å²) in [5, 5.41) is 3.41. The Bertz CT molecular complexity index is 469. The van der Waals surface area contributed by atoms with Gasteiger partial charge in [0.1, 0.15) is 0 Å². The van der Waals surface area contributed by atoms with Crippen molar-refractivity contribution in [3.05, 3.63) is 23.8 Å². The van der Waals surface area contributed by atoms with E-state index in [9.17, 15) is 4.79 Å². The van der Waals surface area contributed by atoms with Crippen molar-refractivity contribution in [2.24, 2.45) is 0 Å². The van der Waals surface area contributed by atoms with Crippen LogP contribution in [0.5, 0.6) is 0 Å². The number of hydrogen-bond donors (Lipinski definition) is 2. The van der Waals surface area contributed by atoms with Crippen LogP contribution >= 0.6 is 0 Å². The number of amides is 1. The highest BCUT2D eigenvalue weighted by Crippen LogP contribution is 2.21. The summed E-state index contributed by atoms with van der Waals surface area (Å²) >= 11 is 0. The van der Waals surface area contributed by atoms with Gasteiger partial charge in [-0.1, -0.05) is 13.8 Å². The molecule has 0 aromatic heterocycles. The summed E-state index contributed by atoms with van der Waals surface area (Å²) in [5.74, 6) is -0.0376. The fourth-order valence-corrected chi connectivity index (χ4v) is 2.27. The maximum atomic E-state index is 11.9. The molecule has 3 N–H and O–H groups in total. The van der Waals surface area contributed by atoms with Gasteiger partial charge in [0, 0.05) is 32.2 Å². The number of benzene rings is 1. The third kappa shape index (κ3) is 4.93. The molecule has 1 unspecified atom stereocenters. The van der Waals surface area contributed by atoms with Crippen LogP contribution in [0, 0.1) is 0 Å².